The van der Waals surface area contributed by atoms with Crippen molar-refractivity contribution in [2.45, 2.75) is 37.8 Å². The summed E-state index contributed by atoms with van der Waals surface area (Å²) in [6.45, 7) is 1.90. The predicted octanol–water partition coefficient (Wildman–Crippen LogP) is 3.66. The summed E-state index contributed by atoms with van der Waals surface area (Å²) in [5.74, 6) is -2.36. The summed E-state index contributed by atoms with van der Waals surface area (Å²) in [4.78, 5) is 12.5. The lowest BCUT2D eigenvalue weighted by Crippen LogP contribution is -2.62. The van der Waals surface area contributed by atoms with Crippen molar-refractivity contribution in [3.05, 3.63) is 71.3 Å². The SMILES string of the molecule is CC1(C2CC(CO)C(NC(=S)NC(=O)c3ccccc3)(c3ccc(F)cc3F)CO2)CC1. The number of carbonyl (C=O) groups excluding carboxylic acids is 1. The van der Waals surface area contributed by atoms with E-state index in [1.54, 1.807) is 30.3 Å². The van der Waals surface area contributed by atoms with Gasteiger partial charge in [0, 0.05) is 29.7 Å². The first kappa shape index (κ1) is 22.8. The second-order valence-electron chi connectivity index (χ2n) is 8.94. The molecule has 2 aromatic carbocycles. The molecular formula is C24H26F2N2O3S. The van der Waals surface area contributed by atoms with Gasteiger partial charge in [0.1, 0.15) is 11.6 Å². The summed E-state index contributed by atoms with van der Waals surface area (Å²) in [5.41, 5.74) is -0.675. The van der Waals surface area contributed by atoms with Crippen LogP contribution in [0.3, 0.4) is 0 Å². The Morgan fingerprint density at radius 2 is 1.94 bits per heavy atom. The largest absolute Gasteiger partial charge is 0.396 e. The summed E-state index contributed by atoms with van der Waals surface area (Å²) in [5, 5.41) is 15.9. The van der Waals surface area contributed by atoms with Gasteiger partial charge in [-0.05, 0) is 55.1 Å². The number of nitrogens with one attached hydrogen (secondary N) is 2. The molecular weight excluding hydrogens is 434 g/mol. The molecule has 1 amide bonds. The van der Waals surface area contributed by atoms with Gasteiger partial charge in [0.25, 0.3) is 5.91 Å². The third-order valence-corrected chi connectivity index (χ3v) is 6.96. The van der Waals surface area contributed by atoms with Crippen LogP contribution < -0.4 is 10.6 Å². The van der Waals surface area contributed by atoms with E-state index in [4.69, 9.17) is 17.0 Å². The van der Waals surface area contributed by atoms with Gasteiger partial charge in [-0.2, -0.15) is 0 Å². The fourth-order valence-electron chi connectivity index (χ4n) is 4.47. The molecule has 2 fully saturated rings. The molecule has 170 valence electrons. The van der Waals surface area contributed by atoms with Crippen molar-refractivity contribution in [2.24, 2.45) is 11.3 Å². The molecule has 1 saturated carbocycles. The van der Waals surface area contributed by atoms with Crippen molar-refractivity contribution in [1.29, 1.82) is 0 Å². The van der Waals surface area contributed by atoms with E-state index in [9.17, 15) is 18.7 Å². The van der Waals surface area contributed by atoms with Gasteiger partial charge in [0.15, 0.2) is 5.11 Å². The molecule has 32 heavy (non-hydrogen) atoms. The zero-order valence-electron chi connectivity index (χ0n) is 17.7. The predicted molar refractivity (Wildman–Crippen MR) is 120 cm³/mol. The number of carbonyl (C=O) groups is 1. The zero-order valence-corrected chi connectivity index (χ0v) is 18.6. The second kappa shape index (κ2) is 8.84. The van der Waals surface area contributed by atoms with Crippen LogP contribution >= 0.6 is 12.2 Å². The first-order chi connectivity index (χ1) is 15.3. The van der Waals surface area contributed by atoms with Gasteiger partial charge in [-0.15, -0.1) is 0 Å². The summed E-state index contributed by atoms with van der Waals surface area (Å²) in [6.07, 6.45) is 2.47. The Labute approximate surface area is 191 Å². The van der Waals surface area contributed by atoms with Gasteiger partial charge < -0.3 is 15.2 Å². The average Bonchev–Trinajstić information content (AvgIpc) is 3.52. The molecule has 2 aromatic rings. The maximum atomic E-state index is 15.0. The summed E-state index contributed by atoms with van der Waals surface area (Å²) >= 11 is 5.39. The number of thiocarbonyl (C=S) groups is 1. The van der Waals surface area contributed by atoms with E-state index in [-0.39, 0.29) is 35.4 Å². The van der Waals surface area contributed by atoms with Crippen LogP contribution in [0.2, 0.25) is 0 Å². The molecule has 0 aromatic heterocycles. The Balaban J connectivity index is 1.63. The van der Waals surface area contributed by atoms with E-state index in [2.05, 4.69) is 17.6 Å². The third-order valence-electron chi connectivity index (χ3n) is 6.76. The molecule has 3 unspecified atom stereocenters. The van der Waals surface area contributed by atoms with Crippen molar-refractivity contribution in [3.63, 3.8) is 0 Å². The van der Waals surface area contributed by atoms with Crippen molar-refractivity contribution in [3.8, 4) is 0 Å². The first-order valence-corrected chi connectivity index (χ1v) is 11.0. The van der Waals surface area contributed by atoms with Crippen molar-refractivity contribution >= 4 is 23.2 Å². The van der Waals surface area contributed by atoms with Crippen LogP contribution in [0, 0.1) is 23.0 Å². The van der Waals surface area contributed by atoms with E-state index >= 15 is 0 Å². The molecule has 1 heterocycles. The minimum Gasteiger partial charge on any atom is -0.396 e. The van der Waals surface area contributed by atoms with Crippen LogP contribution in [0.1, 0.15) is 42.1 Å². The van der Waals surface area contributed by atoms with Crippen LogP contribution in [-0.2, 0) is 10.3 Å². The van der Waals surface area contributed by atoms with Gasteiger partial charge in [-0.25, -0.2) is 8.78 Å². The summed E-state index contributed by atoms with van der Waals surface area (Å²) in [6, 6.07) is 11.9. The Hall–Kier alpha value is -2.42. The maximum absolute atomic E-state index is 15.0. The van der Waals surface area contributed by atoms with Crippen LogP contribution in [0.15, 0.2) is 48.5 Å². The first-order valence-electron chi connectivity index (χ1n) is 10.6. The monoisotopic (exact) mass is 460 g/mol. The highest BCUT2D eigenvalue weighted by atomic mass is 32.1. The molecule has 4 rings (SSSR count). The van der Waals surface area contributed by atoms with Gasteiger partial charge in [0.2, 0.25) is 0 Å². The van der Waals surface area contributed by atoms with E-state index in [1.807, 2.05) is 0 Å². The Kier molecular flexibility index (Phi) is 6.29. The summed E-state index contributed by atoms with van der Waals surface area (Å²) < 4.78 is 34.8. The summed E-state index contributed by atoms with van der Waals surface area (Å²) in [7, 11) is 0. The Morgan fingerprint density at radius 1 is 1.22 bits per heavy atom. The number of aliphatic hydroxyl groups excluding tert-OH is 1. The average molecular weight is 461 g/mol. The zero-order chi connectivity index (χ0) is 22.9. The molecule has 3 N–H and O–H groups in total. The van der Waals surface area contributed by atoms with Crippen LogP contribution in [0.25, 0.3) is 0 Å². The van der Waals surface area contributed by atoms with E-state index in [1.165, 1.54) is 6.07 Å². The molecule has 0 bridgehead atoms. The molecule has 1 aliphatic carbocycles. The number of ether oxygens (including phenoxy) is 1. The lowest BCUT2D eigenvalue weighted by atomic mass is 9.72. The maximum Gasteiger partial charge on any atom is 0.257 e. The van der Waals surface area contributed by atoms with Crippen LogP contribution in [0.5, 0.6) is 0 Å². The highest BCUT2D eigenvalue weighted by Crippen LogP contribution is 2.54. The number of halogens is 2. The molecule has 3 atom stereocenters. The van der Waals surface area contributed by atoms with Crippen molar-refractivity contribution < 1.29 is 23.4 Å². The van der Waals surface area contributed by atoms with E-state index < -0.39 is 29.0 Å². The smallest absolute Gasteiger partial charge is 0.257 e. The fourth-order valence-corrected chi connectivity index (χ4v) is 4.74. The van der Waals surface area contributed by atoms with Crippen molar-refractivity contribution in [1.82, 2.24) is 10.6 Å². The Bertz CT molecular complexity index is 1020. The normalized spacial score (nSPS) is 26.2. The number of amides is 1. The standard InChI is InChI=1S/C24H26F2N2O3S/c1-23(9-10-23)20-11-16(13-29)24(14-31-20,18-8-7-17(25)12-19(18)26)28-22(32)27-21(30)15-5-3-2-4-6-15/h2-8,12,16,20,29H,9-11,13-14H2,1H3,(H2,27,28,30,32). The molecule has 1 saturated heterocycles. The third kappa shape index (κ3) is 4.40. The molecule has 0 spiro atoms. The van der Waals surface area contributed by atoms with E-state index in [0.29, 0.717) is 12.0 Å². The Morgan fingerprint density at radius 3 is 2.56 bits per heavy atom. The van der Waals surface area contributed by atoms with Gasteiger partial charge >= 0.3 is 0 Å². The van der Waals surface area contributed by atoms with Gasteiger partial charge in [-0.1, -0.05) is 31.2 Å². The second-order valence-corrected chi connectivity index (χ2v) is 9.35. The lowest BCUT2D eigenvalue weighted by molar-refractivity contribution is -0.108. The topological polar surface area (TPSA) is 70.6 Å². The minimum absolute atomic E-state index is 0.0163. The highest BCUT2D eigenvalue weighted by molar-refractivity contribution is 7.80. The molecule has 0 radical (unpaired) electrons. The number of hydrogen-bond acceptors (Lipinski definition) is 4. The van der Waals surface area contributed by atoms with Crippen LogP contribution in [0.4, 0.5) is 8.78 Å². The quantitative estimate of drug-likeness (QED) is 0.594. The number of aliphatic hydroxyl groups is 1. The molecule has 2 aliphatic rings. The number of hydrogen-bond donors (Lipinski definition) is 3. The molecule has 8 heteroatoms. The van der Waals surface area contributed by atoms with Gasteiger partial charge in [-0.3, -0.25) is 10.1 Å². The van der Waals surface area contributed by atoms with Crippen LogP contribution in [-0.4, -0.2) is 35.4 Å². The van der Waals surface area contributed by atoms with E-state index in [0.717, 1.165) is 25.0 Å². The molecule has 5 nitrogen and oxygen atoms in total. The van der Waals surface area contributed by atoms with Crippen molar-refractivity contribution in [2.75, 3.05) is 13.2 Å². The number of benzene rings is 2. The number of rotatable bonds is 5. The van der Waals surface area contributed by atoms with Gasteiger partial charge in [0.05, 0.1) is 18.2 Å². The lowest BCUT2D eigenvalue weighted by Gasteiger charge is -2.48. The molecule has 1 aliphatic heterocycles. The minimum atomic E-state index is -1.27. The fraction of sp³-hybridized carbons (Fsp3) is 0.417. The highest BCUT2D eigenvalue weighted by Gasteiger charge is 2.54.